The summed E-state index contributed by atoms with van der Waals surface area (Å²) in [6, 6.07) is 3.94. The second-order valence-corrected chi connectivity index (χ2v) is 4.54. The molecule has 1 rings (SSSR count). The zero-order chi connectivity index (χ0) is 11.3. The van der Waals surface area contributed by atoms with E-state index in [1.165, 1.54) is 5.56 Å². The smallest absolute Gasteiger partial charge is 0.213 e. The minimum absolute atomic E-state index is 0.137. The molecule has 3 heteroatoms. The van der Waals surface area contributed by atoms with E-state index in [0.717, 1.165) is 6.54 Å². The molecule has 0 aromatic carbocycles. The van der Waals surface area contributed by atoms with E-state index in [9.17, 15) is 0 Å². The van der Waals surface area contributed by atoms with Crippen LogP contribution in [0.25, 0.3) is 0 Å². The number of pyridine rings is 1. The average molecular weight is 208 g/mol. The topological polar surface area (TPSA) is 34.1 Å². The summed E-state index contributed by atoms with van der Waals surface area (Å²) >= 11 is 0. The minimum atomic E-state index is 0.137. The molecule has 0 radical (unpaired) electrons. The van der Waals surface area contributed by atoms with Crippen LogP contribution in [-0.2, 0) is 6.54 Å². The zero-order valence-corrected chi connectivity index (χ0v) is 10.0. The molecule has 1 aromatic heterocycles. The molecule has 0 aliphatic carbocycles. The number of ether oxygens (including phenoxy) is 1. The number of nitrogens with zero attached hydrogens (tertiary/aromatic N) is 1. The van der Waals surface area contributed by atoms with Crippen LogP contribution >= 0.6 is 0 Å². The number of hydrogen-bond acceptors (Lipinski definition) is 3. The fourth-order valence-electron chi connectivity index (χ4n) is 1.12. The van der Waals surface area contributed by atoms with Gasteiger partial charge in [-0.05, 0) is 33.3 Å². The van der Waals surface area contributed by atoms with Gasteiger partial charge in [0, 0.05) is 24.3 Å². The van der Waals surface area contributed by atoms with Crippen LogP contribution in [0, 0.1) is 0 Å². The third-order valence-electron chi connectivity index (χ3n) is 1.91. The molecule has 84 valence electrons. The van der Waals surface area contributed by atoms with Gasteiger partial charge in [-0.1, -0.05) is 6.07 Å². The van der Waals surface area contributed by atoms with E-state index in [0.29, 0.717) is 12.5 Å². The summed E-state index contributed by atoms with van der Waals surface area (Å²) in [7, 11) is 0. The molecule has 0 saturated carbocycles. The largest absolute Gasteiger partial charge is 0.478 e. The van der Waals surface area contributed by atoms with Gasteiger partial charge in [-0.2, -0.15) is 0 Å². The van der Waals surface area contributed by atoms with Crippen LogP contribution < -0.4 is 10.1 Å². The van der Waals surface area contributed by atoms with Crippen LogP contribution in [0.3, 0.4) is 0 Å². The van der Waals surface area contributed by atoms with E-state index < -0.39 is 0 Å². The van der Waals surface area contributed by atoms with Crippen molar-refractivity contribution in [2.75, 3.05) is 6.61 Å². The lowest BCUT2D eigenvalue weighted by molar-refractivity contribution is 0.326. The van der Waals surface area contributed by atoms with E-state index in [2.05, 4.69) is 31.1 Å². The van der Waals surface area contributed by atoms with Crippen molar-refractivity contribution in [1.29, 1.82) is 0 Å². The first-order valence-electron chi connectivity index (χ1n) is 5.34. The summed E-state index contributed by atoms with van der Waals surface area (Å²) in [6.45, 7) is 9.89. The van der Waals surface area contributed by atoms with Gasteiger partial charge in [0.2, 0.25) is 5.88 Å². The van der Waals surface area contributed by atoms with E-state index in [1.807, 2.05) is 25.3 Å². The summed E-state index contributed by atoms with van der Waals surface area (Å²) in [6.07, 6.45) is 1.85. The molecular weight excluding hydrogens is 188 g/mol. The van der Waals surface area contributed by atoms with Gasteiger partial charge in [0.15, 0.2) is 0 Å². The number of nitrogens with one attached hydrogen (secondary N) is 1. The Kier molecular flexibility index (Phi) is 4.09. The van der Waals surface area contributed by atoms with Gasteiger partial charge in [0.05, 0.1) is 6.61 Å². The lowest BCUT2D eigenvalue weighted by Gasteiger charge is -2.20. The molecule has 0 saturated heterocycles. The molecule has 0 spiro atoms. The van der Waals surface area contributed by atoms with Crippen molar-refractivity contribution in [1.82, 2.24) is 10.3 Å². The standard InChI is InChI=1S/C12H20N2O/c1-5-15-11-7-6-10(8-13-11)9-14-12(2,3)4/h6-8,14H,5,9H2,1-4H3. The Hall–Kier alpha value is -1.09. The molecule has 1 heterocycles. The van der Waals surface area contributed by atoms with Crippen molar-refractivity contribution < 1.29 is 4.74 Å². The monoisotopic (exact) mass is 208 g/mol. The van der Waals surface area contributed by atoms with Gasteiger partial charge >= 0.3 is 0 Å². The maximum Gasteiger partial charge on any atom is 0.213 e. The van der Waals surface area contributed by atoms with Gasteiger partial charge in [-0.15, -0.1) is 0 Å². The Morgan fingerprint density at radius 1 is 1.33 bits per heavy atom. The Morgan fingerprint density at radius 3 is 2.53 bits per heavy atom. The van der Waals surface area contributed by atoms with E-state index >= 15 is 0 Å². The van der Waals surface area contributed by atoms with E-state index in [4.69, 9.17) is 4.74 Å². The Bertz CT molecular complexity index is 287. The summed E-state index contributed by atoms with van der Waals surface area (Å²) < 4.78 is 5.27. The summed E-state index contributed by atoms with van der Waals surface area (Å²) in [5.41, 5.74) is 1.31. The van der Waals surface area contributed by atoms with Gasteiger partial charge in [-0.3, -0.25) is 0 Å². The molecule has 3 nitrogen and oxygen atoms in total. The van der Waals surface area contributed by atoms with Crippen molar-refractivity contribution in [2.24, 2.45) is 0 Å². The van der Waals surface area contributed by atoms with Crippen molar-refractivity contribution in [3.05, 3.63) is 23.9 Å². The maximum absolute atomic E-state index is 5.27. The Labute approximate surface area is 91.9 Å². The van der Waals surface area contributed by atoms with Crippen molar-refractivity contribution in [3.63, 3.8) is 0 Å². The fourth-order valence-corrected chi connectivity index (χ4v) is 1.12. The lowest BCUT2D eigenvalue weighted by atomic mass is 10.1. The highest BCUT2D eigenvalue weighted by Gasteiger charge is 2.08. The molecule has 0 aliphatic rings. The van der Waals surface area contributed by atoms with Gasteiger partial charge in [0.1, 0.15) is 0 Å². The van der Waals surface area contributed by atoms with Crippen molar-refractivity contribution >= 4 is 0 Å². The molecule has 0 bridgehead atoms. The number of aromatic nitrogens is 1. The molecule has 0 fully saturated rings. The summed E-state index contributed by atoms with van der Waals surface area (Å²) in [5.74, 6) is 0.692. The SMILES string of the molecule is CCOc1ccc(CNC(C)(C)C)cn1. The quantitative estimate of drug-likeness (QED) is 0.824. The van der Waals surface area contributed by atoms with Crippen LogP contribution in [0.2, 0.25) is 0 Å². The number of rotatable bonds is 4. The second kappa shape index (κ2) is 5.12. The summed E-state index contributed by atoms with van der Waals surface area (Å²) in [4.78, 5) is 4.21. The Morgan fingerprint density at radius 2 is 2.07 bits per heavy atom. The Balaban J connectivity index is 2.50. The molecule has 1 N–H and O–H groups in total. The van der Waals surface area contributed by atoms with Crippen LogP contribution in [-0.4, -0.2) is 17.1 Å². The van der Waals surface area contributed by atoms with Crippen molar-refractivity contribution in [2.45, 2.75) is 39.8 Å². The third kappa shape index (κ3) is 4.79. The van der Waals surface area contributed by atoms with E-state index in [1.54, 1.807) is 0 Å². The highest BCUT2D eigenvalue weighted by molar-refractivity contribution is 5.17. The third-order valence-corrected chi connectivity index (χ3v) is 1.91. The molecule has 1 aromatic rings. The second-order valence-electron chi connectivity index (χ2n) is 4.54. The van der Waals surface area contributed by atoms with Crippen LogP contribution in [0.15, 0.2) is 18.3 Å². The lowest BCUT2D eigenvalue weighted by Crippen LogP contribution is -2.35. The van der Waals surface area contributed by atoms with Gasteiger partial charge in [0.25, 0.3) is 0 Å². The fraction of sp³-hybridized carbons (Fsp3) is 0.583. The van der Waals surface area contributed by atoms with Gasteiger partial charge in [-0.25, -0.2) is 4.98 Å². The number of hydrogen-bond donors (Lipinski definition) is 1. The van der Waals surface area contributed by atoms with Crippen LogP contribution in [0.5, 0.6) is 5.88 Å². The predicted octanol–water partition coefficient (Wildman–Crippen LogP) is 2.37. The molecule has 0 unspecified atom stereocenters. The molecule has 0 amide bonds. The normalized spacial score (nSPS) is 11.5. The first-order chi connectivity index (χ1) is 7.01. The highest BCUT2D eigenvalue weighted by Crippen LogP contribution is 2.08. The molecule has 15 heavy (non-hydrogen) atoms. The van der Waals surface area contributed by atoms with Crippen molar-refractivity contribution in [3.8, 4) is 5.88 Å². The molecule has 0 aliphatic heterocycles. The zero-order valence-electron chi connectivity index (χ0n) is 10.0. The van der Waals surface area contributed by atoms with Crippen LogP contribution in [0.4, 0.5) is 0 Å². The first kappa shape index (κ1) is 12.0. The van der Waals surface area contributed by atoms with E-state index in [-0.39, 0.29) is 5.54 Å². The van der Waals surface area contributed by atoms with Crippen LogP contribution in [0.1, 0.15) is 33.3 Å². The predicted molar refractivity (Wildman–Crippen MR) is 62.0 cm³/mol. The average Bonchev–Trinajstić information content (AvgIpc) is 2.16. The highest BCUT2D eigenvalue weighted by atomic mass is 16.5. The molecular formula is C12H20N2O. The maximum atomic E-state index is 5.27. The first-order valence-corrected chi connectivity index (χ1v) is 5.34. The minimum Gasteiger partial charge on any atom is -0.478 e. The summed E-state index contributed by atoms with van der Waals surface area (Å²) in [5, 5.41) is 3.41. The van der Waals surface area contributed by atoms with Gasteiger partial charge < -0.3 is 10.1 Å². The molecule has 0 atom stereocenters.